The molecule has 4 aromatic rings. The average molecular weight is 695 g/mol. The standard InChI is InChI=1S/C28H21Cl2IN2O5S/c29-23-12-11-21(16-24(23)30)39(37,38)33-25-13-10-20(31)15-22(25)27(34)32-26(28(35)36)14-17-6-8-19(9-7-17)18-4-2-1-3-5-18/h1-13,15-16,26,33H,14H2,(H,32,34)(H,35,36)/t26-/m0/s1. The van der Waals surface area contributed by atoms with E-state index < -0.39 is 27.9 Å². The topological polar surface area (TPSA) is 113 Å². The summed E-state index contributed by atoms with van der Waals surface area (Å²) >= 11 is 13.8. The van der Waals surface area contributed by atoms with Gasteiger partial charge >= 0.3 is 5.97 Å². The molecule has 1 atom stereocenters. The van der Waals surface area contributed by atoms with Crippen LogP contribution in [0.3, 0.4) is 0 Å². The van der Waals surface area contributed by atoms with E-state index in [9.17, 15) is 23.1 Å². The molecular formula is C28H21Cl2IN2O5S. The molecule has 3 N–H and O–H groups in total. The highest BCUT2D eigenvalue weighted by Crippen LogP contribution is 2.28. The Bertz CT molecular complexity index is 1630. The van der Waals surface area contributed by atoms with Crippen LogP contribution in [0.2, 0.25) is 10.0 Å². The Kier molecular flexibility index (Phi) is 9.16. The molecule has 7 nitrogen and oxygen atoms in total. The van der Waals surface area contributed by atoms with Crippen LogP contribution in [0.4, 0.5) is 5.69 Å². The summed E-state index contributed by atoms with van der Waals surface area (Å²) in [7, 11) is -4.13. The molecule has 0 heterocycles. The fraction of sp³-hybridized carbons (Fsp3) is 0.0714. The van der Waals surface area contributed by atoms with Crippen LogP contribution in [0, 0.1) is 3.57 Å². The summed E-state index contributed by atoms with van der Waals surface area (Å²) in [5.41, 5.74) is 2.67. The van der Waals surface area contributed by atoms with Crippen LogP contribution < -0.4 is 10.0 Å². The van der Waals surface area contributed by atoms with Crippen LogP contribution in [0.15, 0.2) is 95.9 Å². The lowest BCUT2D eigenvalue weighted by atomic mass is 10.0. The van der Waals surface area contributed by atoms with Crippen LogP contribution in [0.25, 0.3) is 11.1 Å². The number of amides is 1. The van der Waals surface area contributed by atoms with Gasteiger partial charge in [-0.15, -0.1) is 0 Å². The van der Waals surface area contributed by atoms with E-state index >= 15 is 0 Å². The van der Waals surface area contributed by atoms with E-state index in [0.29, 0.717) is 9.13 Å². The highest BCUT2D eigenvalue weighted by Gasteiger charge is 2.25. The van der Waals surface area contributed by atoms with Gasteiger partial charge in [-0.2, -0.15) is 0 Å². The van der Waals surface area contributed by atoms with Gasteiger partial charge in [-0.3, -0.25) is 9.52 Å². The van der Waals surface area contributed by atoms with Crippen LogP contribution in [-0.4, -0.2) is 31.4 Å². The Labute approximate surface area is 249 Å². The number of carboxylic acids is 1. The lowest BCUT2D eigenvalue weighted by Gasteiger charge is -2.18. The van der Waals surface area contributed by atoms with Gasteiger partial charge in [0.1, 0.15) is 6.04 Å². The van der Waals surface area contributed by atoms with Crippen molar-refractivity contribution in [2.45, 2.75) is 17.4 Å². The van der Waals surface area contributed by atoms with E-state index in [2.05, 4.69) is 10.0 Å². The molecule has 0 bridgehead atoms. The summed E-state index contributed by atoms with van der Waals surface area (Å²) in [6.45, 7) is 0. The van der Waals surface area contributed by atoms with Crippen LogP contribution in [0.5, 0.6) is 0 Å². The van der Waals surface area contributed by atoms with Crippen molar-refractivity contribution in [1.82, 2.24) is 5.32 Å². The summed E-state index contributed by atoms with van der Waals surface area (Å²) in [5, 5.41) is 12.6. The number of rotatable bonds is 9. The molecule has 0 aromatic heterocycles. The largest absolute Gasteiger partial charge is 0.480 e. The van der Waals surface area contributed by atoms with Crippen molar-refractivity contribution in [3.05, 3.63) is 116 Å². The highest BCUT2D eigenvalue weighted by molar-refractivity contribution is 14.1. The molecule has 39 heavy (non-hydrogen) atoms. The smallest absolute Gasteiger partial charge is 0.326 e. The molecule has 0 aliphatic carbocycles. The Morgan fingerprint density at radius 1 is 0.846 bits per heavy atom. The van der Waals surface area contributed by atoms with Gasteiger partial charge in [0.15, 0.2) is 0 Å². The number of carbonyl (C=O) groups is 2. The number of hydrogen-bond acceptors (Lipinski definition) is 4. The van der Waals surface area contributed by atoms with Crippen molar-refractivity contribution >= 4 is 73.4 Å². The van der Waals surface area contributed by atoms with Gasteiger partial charge < -0.3 is 10.4 Å². The second kappa shape index (κ2) is 12.4. The molecule has 0 aliphatic rings. The van der Waals surface area contributed by atoms with Crippen molar-refractivity contribution in [3.63, 3.8) is 0 Å². The van der Waals surface area contributed by atoms with E-state index in [4.69, 9.17) is 23.2 Å². The first-order valence-corrected chi connectivity index (χ1v) is 14.8. The van der Waals surface area contributed by atoms with Crippen LogP contribution in [0.1, 0.15) is 15.9 Å². The minimum atomic E-state index is -4.13. The first kappa shape index (κ1) is 28.9. The Hall–Kier alpha value is -3.12. The van der Waals surface area contributed by atoms with Crippen LogP contribution >= 0.6 is 45.8 Å². The molecule has 0 saturated heterocycles. The normalized spacial score (nSPS) is 12.0. The number of hydrogen-bond donors (Lipinski definition) is 3. The van der Waals surface area contributed by atoms with E-state index in [0.717, 1.165) is 11.1 Å². The third-order valence-electron chi connectivity index (χ3n) is 5.78. The molecule has 0 unspecified atom stereocenters. The molecule has 0 aliphatic heterocycles. The summed E-state index contributed by atoms with van der Waals surface area (Å²) in [5.74, 6) is -1.97. The van der Waals surface area contributed by atoms with E-state index in [1.165, 1.54) is 30.3 Å². The van der Waals surface area contributed by atoms with Crippen molar-refractivity contribution in [2.75, 3.05) is 4.72 Å². The van der Waals surface area contributed by atoms with Crippen molar-refractivity contribution in [2.24, 2.45) is 0 Å². The molecule has 4 rings (SSSR count). The maximum Gasteiger partial charge on any atom is 0.326 e. The number of carboxylic acid groups (broad SMARTS) is 1. The monoisotopic (exact) mass is 694 g/mol. The molecule has 11 heteroatoms. The predicted molar refractivity (Wildman–Crippen MR) is 161 cm³/mol. The molecule has 4 aromatic carbocycles. The minimum absolute atomic E-state index is 0.0182. The van der Waals surface area contributed by atoms with Gasteiger partial charge in [-0.1, -0.05) is 77.8 Å². The fourth-order valence-corrected chi connectivity index (χ4v) is 5.74. The minimum Gasteiger partial charge on any atom is -0.480 e. The molecule has 0 radical (unpaired) electrons. The number of carbonyl (C=O) groups excluding carboxylic acids is 1. The molecular weight excluding hydrogens is 674 g/mol. The van der Waals surface area contributed by atoms with Crippen molar-refractivity contribution in [1.29, 1.82) is 0 Å². The summed E-state index contributed by atoms with van der Waals surface area (Å²) in [4.78, 5) is 25.1. The number of nitrogens with one attached hydrogen (secondary N) is 2. The first-order chi connectivity index (χ1) is 18.5. The zero-order valence-electron chi connectivity index (χ0n) is 20.1. The van der Waals surface area contributed by atoms with Gasteiger partial charge in [-0.25, -0.2) is 13.2 Å². The number of benzene rings is 4. The lowest BCUT2D eigenvalue weighted by molar-refractivity contribution is -0.139. The average Bonchev–Trinajstić information content (AvgIpc) is 2.91. The van der Waals surface area contributed by atoms with E-state index in [1.807, 2.05) is 77.2 Å². The van der Waals surface area contributed by atoms with Crippen molar-refractivity contribution in [3.8, 4) is 11.1 Å². The Balaban J connectivity index is 1.54. The SMILES string of the molecule is O=C(N[C@@H](Cc1ccc(-c2ccccc2)cc1)C(=O)O)c1cc(I)ccc1NS(=O)(=O)c1ccc(Cl)c(Cl)c1. The summed E-state index contributed by atoms with van der Waals surface area (Å²) < 4.78 is 29.0. The molecule has 0 saturated carbocycles. The van der Waals surface area contributed by atoms with E-state index in [1.54, 1.807) is 6.07 Å². The fourth-order valence-electron chi connectivity index (χ4n) is 3.78. The molecule has 200 valence electrons. The van der Waals surface area contributed by atoms with Crippen LogP contribution in [-0.2, 0) is 21.2 Å². The second-order valence-corrected chi connectivity index (χ2v) is 12.2. The van der Waals surface area contributed by atoms with Crippen molar-refractivity contribution < 1.29 is 23.1 Å². The number of sulfonamides is 1. The lowest BCUT2D eigenvalue weighted by Crippen LogP contribution is -2.42. The number of anilines is 1. The molecule has 1 amide bonds. The van der Waals surface area contributed by atoms with Gasteiger partial charge in [0.05, 0.1) is 26.2 Å². The third-order valence-corrected chi connectivity index (χ3v) is 8.55. The maximum absolute atomic E-state index is 13.2. The van der Waals surface area contributed by atoms with E-state index in [-0.39, 0.29) is 32.6 Å². The Morgan fingerprint density at radius 3 is 2.15 bits per heavy atom. The predicted octanol–water partition coefficient (Wildman–Crippen LogP) is 6.49. The zero-order valence-corrected chi connectivity index (χ0v) is 24.6. The molecule has 0 spiro atoms. The second-order valence-electron chi connectivity index (χ2n) is 8.50. The number of aliphatic carboxylic acids is 1. The van der Waals surface area contributed by atoms with Gasteiger partial charge in [0.25, 0.3) is 15.9 Å². The first-order valence-electron chi connectivity index (χ1n) is 11.5. The third kappa shape index (κ3) is 7.30. The highest BCUT2D eigenvalue weighted by atomic mass is 127. The van der Waals surface area contributed by atoms with Gasteiger partial charge in [-0.05, 0) is 75.7 Å². The summed E-state index contributed by atoms with van der Waals surface area (Å²) in [6.07, 6.45) is 0.0321. The number of halogens is 3. The van der Waals surface area contributed by atoms with Gasteiger partial charge in [0.2, 0.25) is 0 Å². The zero-order chi connectivity index (χ0) is 28.2. The molecule has 0 fully saturated rings. The summed E-state index contributed by atoms with van der Waals surface area (Å²) in [6, 6.07) is 24.2. The maximum atomic E-state index is 13.2. The van der Waals surface area contributed by atoms with Gasteiger partial charge in [0, 0.05) is 9.99 Å². The Morgan fingerprint density at radius 2 is 1.51 bits per heavy atom. The quantitative estimate of drug-likeness (QED) is 0.174.